The Balaban J connectivity index is 1.58. The summed E-state index contributed by atoms with van der Waals surface area (Å²) in [6.07, 6.45) is 3.03. The molecule has 4 heteroatoms. The van der Waals surface area contributed by atoms with Gasteiger partial charge >= 0.3 is 0 Å². The van der Waals surface area contributed by atoms with E-state index in [1.165, 1.54) is 27.5 Å². The normalized spacial score (nSPS) is 12.9. The zero-order valence-electron chi connectivity index (χ0n) is 18.7. The maximum atomic E-state index is 4.67. The summed E-state index contributed by atoms with van der Waals surface area (Å²) in [6, 6.07) is 13.5. The summed E-state index contributed by atoms with van der Waals surface area (Å²) >= 11 is 0. The molecule has 0 saturated carbocycles. The molecule has 0 fully saturated rings. The molecule has 4 nitrogen and oxygen atoms in total. The maximum absolute atomic E-state index is 4.67. The Morgan fingerprint density at radius 3 is 2.31 bits per heavy atom. The Kier molecular flexibility index (Phi) is 4.56. The van der Waals surface area contributed by atoms with Gasteiger partial charge in [-0.05, 0) is 59.6 Å². The molecule has 4 rings (SSSR count). The Morgan fingerprint density at radius 2 is 1.59 bits per heavy atom. The predicted octanol–water partition coefficient (Wildman–Crippen LogP) is 5.90. The smallest absolute Gasteiger partial charge is 0.0958 e. The zero-order chi connectivity index (χ0) is 21.0. The van der Waals surface area contributed by atoms with Crippen molar-refractivity contribution in [1.29, 1.82) is 0 Å². The molecule has 0 saturated heterocycles. The Hall–Kier alpha value is -2.62. The van der Waals surface area contributed by atoms with Crippen LogP contribution in [0.2, 0.25) is 0 Å². The van der Waals surface area contributed by atoms with E-state index in [2.05, 4.69) is 92.6 Å². The topological polar surface area (TPSA) is 35.6 Å². The molecular weight excluding hydrogens is 356 g/mol. The quantitative estimate of drug-likeness (QED) is 0.436. The number of benzene rings is 2. The molecule has 152 valence electrons. The van der Waals surface area contributed by atoms with Crippen molar-refractivity contribution >= 4 is 21.9 Å². The molecule has 2 heterocycles. The first-order chi connectivity index (χ1) is 13.6. The van der Waals surface area contributed by atoms with Crippen LogP contribution in [0.15, 0.2) is 42.7 Å². The van der Waals surface area contributed by atoms with Crippen LogP contribution in [0.5, 0.6) is 0 Å². The second-order valence-corrected chi connectivity index (χ2v) is 9.97. The number of rotatable bonds is 4. The van der Waals surface area contributed by atoms with Gasteiger partial charge in [0.25, 0.3) is 0 Å². The Bertz CT molecular complexity index is 1180. The van der Waals surface area contributed by atoms with Crippen LogP contribution in [0.4, 0.5) is 0 Å². The fourth-order valence-electron chi connectivity index (χ4n) is 4.11. The number of aryl methyl sites for hydroxylation is 3. The number of hydrogen-bond donors (Lipinski definition) is 0. The molecule has 0 atom stereocenters. The van der Waals surface area contributed by atoms with Gasteiger partial charge in [0.2, 0.25) is 0 Å². The minimum atomic E-state index is 0.0679. The van der Waals surface area contributed by atoms with Gasteiger partial charge in [0.15, 0.2) is 0 Å². The first-order valence-corrected chi connectivity index (χ1v) is 10.5. The van der Waals surface area contributed by atoms with Crippen LogP contribution in [0.25, 0.3) is 21.9 Å². The molecule has 0 aliphatic rings. The molecule has 0 amide bonds. The highest BCUT2D eigenvalue weighted by Gasteiger charge is 2.22. The zero-order valence-corrected chi connectivity index (χ0v) is 18.7. The van der Waals surface area contributed by atoms with Gasteiger partial charge in [0, 0.05) is 19.0 Å². The second-order valence-electron chi connectivity index (χ2n) is 9.97. The van der Waals surface area contributed by atoms with Crippen LogP contribution in [0, 0.1) is 6.92 Å². The lowest BCUT2D eigenvalue weighted by atomic mass is 9.81. The molecule has 0 bridgehead atoms. The fourth-order valence-corrected chi connectivity index (χ4v) is 4.11. The molecule has 2 aromatic heterocycles. The number of aromatic nitrogens is 4. The standard InChI is InChI=1S/C25H32N4/c1-17-20-14-19(9-10-22(20)28(7)27-17)25(5,6)12-13-29-16-26-21-15-18(24(2,3)4)8-11-23(21)29/h8-11,14-16H,12-13H2,1-7H3. The van der Waals surface area contributed by atoms with E-state index >= 15 is 0 Å². The number of hydrogen-bond acceptors (Lipinski definition) is 2. The van der Waals surface area contributed by atoms with Crippen molar-refractivity contribution < 1.29 is 0 Å². The molecule has 0 radical (unpaired) electrons. The molecule has 0 aliphatic carbocycles. The number of fused-ring (bicyclic) bond motifs is 2. The summed E-state index contributed by atoms with van der Waals surface area (Å²) in [5.41, 5.74) is 7.49. The van der Waals surface area contributed by atoms with Crippen LogP contribution < -0.4 is 0 Å². The molecule has 0 N–H and O–H groups in total. The van der Waals surface area contributed by atoms with Crippen LogP contribution in [0.3, 0.4) is 0 Å². The van der Waals surface area contributed by atoms with Gasteiger partial charge in [0.05, 0.1) is 28.6 Å². The number of imidazole rings is 1. The third kappa shape index (κ3) is 3.57. The first kappa shape index (κ1) is 19.7. The van der Waals surface area contributed by atoms with Gasteiger partial charge in [-0.15, -0.1) is 0 Å². The molecule has 0 spiro atoms. The van der Waals surface area contributed by atoms with Crippen LogP contribution in [-0.4, -0.2) is 19.3 Å². The van der Waals surface area contributed by atoms with Crippen molar-refractivity contribution in [3.05, 3.63) is 59.5 Å². The van der Waals surface area contributed by atoms with Crippen molar-refractivity contribution in [1.82, 2.24) is 19.3 Å². The lowest BCUT2D eigenvalue weighted by Crippen LogP contribution is -2.19. The summed E-state index contributed by atoms with van der Waals surface area (Å²) in [5.74, 6) is 0. The van der Waals surface area contributed by atoms with Gasteiger partial charge < -0.3 is 4.57 Å². The SMILES string of the molecule is Cc1nn(C)c2ccc(C(C)(C)CCn3cnc4cc(C(C)(C)C)ccc43)cc12. The monoisotopic (exact) mass is 388 g/mol. The van der Waals surface area contributed by atoms with E-state index in [1.807, 2.05) is 18.1 Å². The van der Waals surface area contributed by atoms with Gasteiger partial charge in [-0.25, -0.2) is 4.98 Å². The van der Waals surface area contributed by atoms with E-state index in [0.29, 0.717) is 0 Å². The third-order valence-electron chi connectivity index (χ3n) is 6.28. The van der Waals surface area contributed by atoms with Crippen molar-refractivity contribution in [2.24, 2.45) is 7.05 Å². The highest BCUT2D eigenvalue weighted by Crippen LogP contribution is 2.32. The highest BCUT2D eigenvalue weighted by atomic mass is 15.3. The summed E-state index contributed by atoms with van der Waals surface area (Å²) in [5, 5.41) is 5.81. The Labute approximate surface area is 173 Å². The van der Waals surface area contributed by atoms with E-state index in [0.717, 1.165) is 24.2 Å². The average Bonchev–Trinajstić information content (AvgIpc) is 3.19. The van der Waals surface area contributed by atoms with Gasteiger partial charge in [0.1, 0.15) is 0 Å². The summed E-state index contributed by atoms with van der Waals surface area (Å²) in [7, 11) is 2.01. The first-order valence-electron chi connectivity index (χ1n) is 10.5. The second kappa shape index (κ2) is 6.72. The van der Waals surface area contributed by atoms with Crippen LogP contribution in [-0.2, 0) is 24.4 Å². The maximum Gasteiger partial charge on any atom is 0.0958 e. The van der Waals surface area contributed by atoms with E-state index in [9.17, 15) is 0 Å². The van der Waals surface area contributed by atoms with Crippen molar-refractivity contribution in [2.75, 3.05) is 0 Å². The van der Waals surface area contributed by atoms with E-state index < -0.39 is 0 Å². The molecule has 0 unspecified atom stereocenters. The molecule has 29 heavy (non-hydrogen) atoms. The van der Waals surface area contributed by atoms with E-state index in [1.54, 1.807) is 0 Å². The molecule has 2 aromatic carbocycles. The van der Waals surface area contributed by atoms with Gasteiger partial charge in [-0.3, -0.25) is 4.68 Å². The van der Waals surface area contributed by atoms with Gasteiger partial charge in [-0.2, -0.15) is 5.10 Å². The molecule has 0 aliphatic heterocycles. The van der Waals surface area contributed by atoms with Crippen molar-refractivity contribution in [3.63, 3.8) is 0 Å². The lowest BCUT2D eigenvalue weighted by molar-refractivity contribution is 0.441. The molecule has 4 aromatic rings. The summed E-state index contributed by atoms with van der Waals surface area (Å²) in [6.45, 7) is 14.4. The van der Waals surface area contributed by atoms with Crippen molar-refractivity contribution in [3.8, 4) is 0 Å². The minimum Gasteiger partial charge on any atom is -0.331 e. The largest absolute Gasteiger partial charge is 0.331 e. The van der Waals surface area contributed by atoms with Crippen LogP contribution in [0.1, 0.15) is 57.9 Å². The minimum absolute atomic E-state index is 0.0679. The highest BCUT2D eigenvalue weighted by molar-refractivity contribution is 5.82. The van der Waals surface area contributed by atoms with E-state index in [-0.39, 0.29) is 10.8 Å². The molecular formula is C25H32N4. The predicted molar refractivity (Wildman–Crippen MR) is 122 cm³/mol. The number of nitrogens with zero attached hydrogens (tertiary/aromatic N) is 4. The van der Waals surface area contributed by atoms with Crippen LogP contribution >= 0.6 is 0 Å². The van der Waals surface area contributed by atoms with Crippen molar-refractivity contribution in [2.45, 2.75) is 65.3 Å². The fraction of sp³-hybridized carbons (Fsp3) is 0.440. The Morgan fingerprint density at radius 1 is 0.897 bits per heavy atom. The summed E-state index contributed by atoms with van der Waals surface area (Å²) in [4.78, 5) is 4.67. The van der Waals surface area contributed by atoms with Gasteiger partial charge in [-0.1, -0.05) is 46.8 Å². The average molecular weight is 389 g/mol. The third-order valence-corrected chi connectivity index (χ3v) is 6.28. The van der Waals surface area contributed by atoms with E-state index in [4.69, 9.17) is 0 Å². The lowest BCUT2D eigenvalue weighted by Gasteiger charge is -2.26. The summed E-state index contributed by atoms with van der Waals surface area (Å²) < 4.78 is 4.25.